The fourth-order valence-corrected chi connectivity index (χ4v) is 1.48. The lowest BCUT2D eigenvalue weighted by Crippen LogP contribution is -2.42. The molecule has 0 aliphatic rings. The van der Waals surface area contributed by atoms with Crippen LogP contribution in [0.15, 0.2) is 17.5 Å². The Morgan fingerprint density at radius 1 is 1.62 bits per heavy atom. The van der Waals surface area contributed by atoms with E-state index in [1.807, 2.05) is 31.4 Å². The van der Waals surface area contributed by atoms with Crippen LogP contribution in [-0.4, -0.2) is 11.4 Å². The van der Waals surface area contributed by atoms with Gasteiger partial charge in [0.25, 0.3) is 5.91 Å². The fourth-order valence-electron chi connectivity index (χ4n) is 0.865. The van der Waals surface area contributed by atoms with E-state index in [1.165, 1.54) is 11.3 Å². The molecule has 0 fully saturated rings. The summed E-state index contributed by atoms with van der Waals surface area (Å²) < 4.78 is 0. The molecule has 1 aromatic heterocycles. The van der Waals surface area contributed by atoms with Crippen molar-refractivity contribution in [3.8, 4) is 0 Å². The van der Waals surface area contributed by atoms with Gasteiger partial charge in [-0.25, -0.2) is 0 Å². The third kappa shape index (κ3) is 2.84. The summed E-state index contributed by atoms with van der Waals surface area (Å²) in [5, 5.41) is 4.89. The number of hydrogen-bond acceptors (Lipinski definition) is 2. The average molecular weight is 197 g/mol. The van der Waals surface area contributed by atoms with Gasteiger partial charge in [0.05, 0.1) is 4.88 Å². The number of carbonyl (C=O) groups excluding carboxylic acids is 1. The third-order valence-corrected chi connectivity index (χ3v) is 2.95. The maximum atomic E-state index is 11.6. The molecule has 2 nitrogen and oxygen atoms in total. The van der Waals surface area contributed by atoms with Crippen molar-refractivity contribution >= 4 is 17.2 Å². The largest absolute Gasteiger partial charge is 0.346 e. The lowest BCUT2D eigenvalue weighted by molar-refractivity contribution is 0.0915. The summed E-state index contributed by atoms with van der Waals surface area (Å²) >= 11 is 1.47. The Labute approximate surface area is 83.0 Å². The lowest BCUT2D eigenvalue weighted by atomic mass is 10.0. The van der Waals surface area contributed by atoms with Crippen LogP contribution in [0.1, 0.15) is 36.9 Å². The van der Waals surface area contributed by atoms with Gasteiger partial charge in [0.15, 0.2) is 0 Å². The minimum Gasteiger partial charge on any atom is -0.346 e. The molecule has 1 rings (SSSR count). The van der Waals surface area contributed by atoms with E-state index in [0.29, 0.717) is 0 Å². The molecule has 0 aliphatic heterocycles. The van der Waals surface area contributed by atoms with Crippen LogP contribution in [0.3, 0.4) is 0 Å². The SMILES string of the molecule is CCC(C)(C)NC(=O)c1cccs1. The van der Waals surface area contributed by atoms with E-state index in [0.717, 1.165) is 11.3 Å². The van der Waals surface area contributed by atoms with Crippen LogP contribution < -0.4 is 5.32 Å². The zero-order valence-corrected chi connectivity index (χ0v) is 9.07. The van der Waals surface area contributed by atoms with Crippen LogP contribution in [0.2, 0.25) is 0 Å². The molecular weight excluding hydrogens is 182 g/mol. The Bertz CT molecular complexity index is 277. The molecule has 0 aromatic carbocycles. The number of hydrogen-bond donors (Lipinski definition) is 1. The van der Waals surface area contributed by atoms with Gasteiger partial charge in [-0.2, -0.15) is 0 Å². The molecule has 1 heterocycles. The summed E-state index contributed by atoms with van der Waals surface area (Å²) in [5.74, 6) is 0.0295. The standard InChI is InChI=1S/C10H15NOS/c1-4-10(2,3)11-9(12)8-6-5-7-13-8/h5-7H,4H2,1-3H3,(H,11,12). The first-order chi connectivity index (χ1) is 6.05. The predicted octanol–water partition coefficient (Wildman–Crippen LogP) is 2.67. The van der Waals surface area contributed by atoms with E-state index < -0.39 is 0 Å². The molecule has 0 saturated heterocycles. The van der Waals surface area contributed by atoms with Gasteiger partial charge in [-0.3, -0.25) is 4.79 Å². The van der Waals surface area contributed by atoms with Crippen LogP contribution >= 0.6 is 11.3 Å². The van der Waals surface area contributed by atoms with Crippen molar-refractivity contribution in [3.05, 3.63) is 22.4 Å². The van der Waals surface area contributed by atoms with Gasteiger partial charge in [-0.15, -0.1) is 11.3 Å². The first-order valence-electron chi connectivity index (χ1n) is 4.41. The summed E-state index contributed by atoms with van der Waals surface area (Å²) in [6.07, 6.45) is 0.935. The topological polar surface area (TPSA) is 29.1 Å². The van der Waals surface area contributed by atoms with Gasteiger partial charge in [-0.1, -0.05) is 13.0 Å². The summed E-state index contributed by atoms with van der Waals surface area (Å²) in [6.45, 7) is 6.12. The highest BCUT2D eigenvalue weighted by atomic mass is 32.1. The molecule has 0 radical (unpaired) electrons. The van der Waals surface area contributed by atoms with Crippen molar-refractivity contribution in [2.75, 3.05) is 0 Å². The van der Waals surface area contributed by atoms with Crippen molar-refractivity contribution in [3.63, 3.8) is 0 Å². The molecule has 0 unspecified atom stereocenters. The summed E-state index contributed by atoms with van der Waals surface area (Å²) in [4.78, 5) is 12.4. The molecule has 0 aliphatic carbocycles. The van der Waals surface area contributed by atoms with Crippen molar-refractivity contribution in [1.29, 1.82) is 0 Å². The predicted molar refractivity (Wildman–Crippen MR) is 56.2 cm³/mol. The zero-order valence-electron chi connectivity index (χ0n) is 8.26. The highest BCUT2D eigenvalue weighted by molar-refractivity contribution is 7.12. The number of nitrogens with one attached hydrogen (secondary N) is 1. The maximum absolute atomic E-state index is 11.6. The Balaban J connectivity index is 2.61. The second kappa shape index (κ2) is 3.92. The molecule has 72 valence electrons. The van der Waals surface area contributed by atoms with Gasteiger partial charge in [0.2, 0.25) is 0 Å². The highest BCUT2D eigenvalue weighted by Crippen LogP contribution is 2.12. The van der Waals surface area contributed by atoms with Gasteiger partial charge in [-0.05, 0) is 31.7 Å². The van der Waals surface area contributed by atoms with E-state index in [9.17, 15) is 4.79 Å². The smallest absolute Gasteiger partial charge is 0.261 e. The molecule has 1 aromatic rings. The highest BCUT2D eigenvalue weighted by Gasteiger charge is 2.18. The number of rotatable bonds is 3. The van der Waals surface area contributed by atoms with E-state index in [1.54, 1.807) is 0 Å². The van der Waals surface area contributed by atoms with Crippen LogP contribution in [0.25, 0.3) is 0 Å². The number of thiophene rings is 1. The second-order valence-corrected chi connectivity index (χ2v) is 4.62. The molecule has 0 bridgehead atoms. The van der Waals surface area contributed by atoms with Crippen LogP contribution in [0.5, 0.6) is 0 Å². The Hall–Kier alpha value is -0.830. The molecular formula is C10H15NOS. The van der Waals surface area contributed by atoms with Crippen molar-refractivity contribution in [2.24, 2.45) is 0 Å². The monoisotopic (exact) mass is 197 g/mol. The zero-order chi connectivity index (χ0) is 9.90. The van der Waals surface area contributed by atoms with Gasteiger partial charge in [0, 0.05) is 5.54 Å². The minimum atomic E-state index is -0.110. The van der Waals surface area contributed by atoms with Gasteiger partial charge < -0.3 is 5.32 Å². The van der Waals surface area contributed by atoms with Crippen LogP contribution in [-0.2, 0) is 0 Å². The van der Waals surface area contributed by atoms with Crippen molar-refractivity contribution in [1.82, 2.24) is 5.32 Å². The van der Waals surface area contributed by atoms with E-state index in [4.69, 9.17) is 0 Å². The first kappa shape index (κ1) is 10.3. The van der Waals surface area contributed by atoms with Gasteiger partial charge >= 0.3 is 0 Å². The van der Waals surface area contributed by atoms with E-state index >= 15 is 0 Å². The molecule has 1 amide bonds. The first-order valence-corrected chi connectivity index (χ1v) is 5.29. The molecule has 0 spiro atoms. The minimum absolute atomic E-state index is 0.0295. The molecule has 0 atom stereocenters. The summed E-state index contributed by atoms with van der Waals surface area (Å²) in [7, 11) is 0. The van der Waals surface area contributed by atoms with Crippen LogP contribution in [0.4, 0.5) is 0 Å². The lowest BCUT2D eigenvalue weighted by Gasteiger charge is -2.23. The molecule has 1 N–H and O–H groups in total. The van der Waals surface area contributed by atoms with Crippen molar-refractivity contribution in [2.45, 2.75) is 32.7 Å². The Morgan fingerprint density at radius 3 is 2.77 bits per heavy atom. The van der Waals surface area contributed by atoms with E-state index in [-0.39, 0.29) is 11.4 Å². The molecule has 3 heteroatoms. The normalized spacial score (nSPS) is 11.3. The summed E-state index contributed by atoms with van der Waals surface area (Å²) in [5.41, 5.74) is -0.110. The number of amides is 1. The number of carbonyl (C=O) groups is 1. The maximum Gasteiger partial charge on any atom is 0.261 e. The Morgan fingerprint density at radius 2 is 2.31 bits per heavy atom. The fraction of sp³-hybridized carbons (Fsp3) is 0.500. The molecule has 0 saturated carbocycles. The van der Waals surface area contributed by atoms with Crippen molar-refractivity contribution < 1.29 is 4.79 Å². The van der Waals surface area contributed by atoms with E-state index in [2.05, 4.69) is 12.2 Å². The molecule has 13 heavy (non-hydrogen) atoms. The van der Waals surface area contributed by atoms with Gasteiger partial charge in [0.1, 0.15) is 0 Å². The second-order valence-electron chi connectivity index (χ2n) is 3.67. The summed E-state index contributed by atoms with van der Waals surface area (Å²) in [6, 6.07) is 3.73. The Kier molecular flexibility index (Phi) is 3.09. The average Bonchev–Trinajstić information content (AvgIpc) is 2.55. The third-order valence-electron chi connectivity index (χ3n) is 2.08. The van der Waals surface area contributed by atoms with Crippen LogP contribution in [0, 0.1) is 0 Å². The quantitative estimate of drug-likeness (QED) is 0.793.